The summed E-state index contributed by atoms with van der Waals surface area (Å²) in [5, 5.41) is 0. The number of hydrogen-bond donors (Lipinski definition) is 0. The van der Waals surface area contributed by atoms with Crippen LogP contribution in [0.4, 0.5) is 5.69 Å². The van der Waals surface area contributed by atoms with E-state index in [9.17, 15) is 9.59 Å². The molecule has 1 heterocycles. The van der Waals surface area contributed by atoms with Gasteiger partial charge in [0, 0.05) is 11.4 Å². The van der Waals surface area contributed by atoms with Gasteiger partial charge in [0.05, 0.1) is 31.5 Å². The van der Waals surface area contributed by atoms with Crippen LogP contribution < -0.4 is 14.4 Å². The van der Waals surface area contributed by atoms with Crippen LogP contribution in [0.15, 0.2) is 59.3 Å². The zero-order valence-corrected chi connectivity index (χ0v) is 19.9. The predicted molar refractivity (Wildman–Crippen MR) is 129 cm³/mol. The van der Waals surface area contributed by atoms with Crippen molar-refractivity contribution in [2.75, 3.05) is 25.2 Å². The number of methoxy groups -OCH3 is 1. The van der Waals surface area contributed by atoms with Gasteiger partial charge in [-0.3, -0.25) is 9.69 Å². The van der Waals surface area contributed by atoms with Gasteiger partial charge >= 0.3 is 5.97 Å². The Morgan fingerprint density at radius 2 is 1.73 bits per heavy atom. The fraction of sp³-hybridized carbons (Fsp3) is 0.333. The average molecular weight is 450 g/mol. The number of esters is 1. The molecule has 1 amide bonds. The minimum atomic E-state index is -0.548. The molecule has 0 fully saturated rings. The Labute approximate surface area is 195 Å². The third-order valence-electron chi connectivity index (χ3n) is 5.43. The first-order chi connectivity index (χ1) is 15.9. The van der Waals surface area contributed by atoms with Gasteiger partial charge in [-0.15, -0.1) is 0 Å². The molecule has 1 aliphatic rings. The van der Waals surface area contributed by atoms with Crippen LogP contribution in [0, 0.1) is 0 Å². The monoisotopic (exact) mass is 449 g/mol. The number of benzene rings is 2. The largest absolute Gasteiger partial charge is 0.490 e. The fourth-order valence-corrected chi connectivity index (χ4v) is 3.75. The Bertz CT molecular complexity index is 1080. The van der Waals surface area contributed by atoms with Crippen LogP contribution in [-0.4, -0.2) is 32.2 Å². The van der Waals surface area contributed by atoms with Crippen molar-refractivity contribution in [2.45, 2.75) is 40.5 Å². The topological polar surface area (TPSA) is 65.1 Å². The van der Waals surface area contributed by atoms with Crippen molar-refractivity contribution in [1.82, 2.24) is 0 Å². The van der Waals surface area contributed by atoms with E-state index in [4.69, 9.17) is 14.2 Å². The molecule has 0 atom stereocenters. The number of hydrogen-bond acceptors (Lipinski definition) is 5. The molecule has 0 radical (unpaired) electrons. The molecule has 0 aliphatic carbocycles. The molecule has 0 spiro atoms. The van der Waals surface area contributed by atoms with Crippen LogP contribution in [0.3, 0.4) is 0 Å². The molecule has 0 saturated heterocycles. The van der Waals surface area contributed by atoms with Crippen molar-refractivity contribution in [1.29, 1.82) is 0 Å². The molecule has 1 aliphatic heterocycles. The standard InChI is InChI=1S/C27H31NO5/c1-6-15-33-23-14-11-20(17-24(23)32-8-3)16-22-25(27(30)31-5)18(4)28(26(22)29)21-12-9-19(7-2)10-13-21/h9-14,16-17H,6-8,15H2,1-5H3/b22-16-. The van der Waals surface area contributed by atoms with Gasteiger partial charge in [0.25, 0.3) is 5.91 Å². The quantitative estimate of drug-likeness (QED) is 0.383. The van der Waals surface area contributed by atoms with Gasteiger partial charge in [-0.1, -0.05) is 32.0 Å². The molecule has 6 heteroatoms. The number of anilines is 1. The molecule has 0 bridgehead atoms. The maximum atomic E-state index is 13.5. The molecule has 2 aromatic rings. The number of amides is 1. The van der Waals surface area contributed by atoms with Crippen molar-refractivity contribution in [3.63, 3.8) is 0 Å². The first-order valence-electron chi connectivity index (χ1n) is 11.3. The van der Waals surface area contributed by atoms with Crippen LogP contribution in [0.2, 0.25) is 0 Å². The van der Waals surface area contributed by atoms with Gasteiger partial charge in [0.1, 0.15) is 0 Å². The Hall–Kier alpha value is -3.54. The zero-order chi connectivity index (χ0) is 24.0. The lowest BCUT2D eigenvalue weighted by Crippen LogP contribution is -2.24. The number of carbonyl (C=O) groups excluding carboxylic acids is 2. The van der Waals surface area contributed by atoms with Crippen molar-refractivity contribution in [2.24, 2.45) is 0 Å². The molecule has 33 heavy (non-hydrogen) atoms. The summed E-state index contributed by atoms with van der Waals surface area (Å²) in [6.45, 7) is 8.83. The van der Waals surface area contributed by atoms with Gasteiger partial charge in [0.15, 0.2) is 11.5 Å². The molecule has 0 unspecified atom stereocenters. The molecule has 0 saturated carbocycles. The second-order valence-electron chi connectivity index (χ2n) is 7.66. The molecular formula is C27H31NO5. The highest BCUT2D eigenvalue weighted by Gasteiger charge is 2.37. The van der Waals surface area contributed by atoms with Gasteiger partial charge in [-0.25, -0.2) is 4.79 Å². The lowest BCUT2D eigenvalue weighted by molar-refractivity contribution is -0.136. The highest BCUT2D eigenvalue weighted by molar-refractivity contribution is 6.23. The van der Waals surface area contributed by atoms with Crippen LogP contribution in [0.1, 0.15) is 45.2 Å². The minimum Gasteiger partial charge on any atom is -0.490 e. The summed E-state index contributed by atoms with van der Waals surface area (Å²) < 4.78 is 16.5. The van der Waals surface area contributed by atoms with Gasteiger partial charge in [-0.2, -0.15) is 0 Å². The summed E-state index contributed by atoms with van der Waals surface area (Å²) in [6, 6.07) is 13.2. The third kappa shape index (κ3) is 5.11. The zero-order valence-electron chi connectivity index (χ0n) is 19.9. The molecular weight excluding hydrogens is 418 g/mol. The molecule has 3 rings (SSSR count). The second-order valence-corrected chi connectivity index (χ2v) is 7.66. The lowest BCUT2D eigenvalue weighted by Gasteiger charge is -2.18. The van der Waals surface area contributed by atoms with Crippen LogP contribution in [0.25, 0.3) is 6.08 Å². The van der Waals surface area contributed by atoms with Crippen molar-refractivity contribution in [3.05, 3.63) is 70.4 Å². The van der Waals surface area contributed by atoms with Gasteiger partial charge in [0.2, 0.25) is 0 Å². The molecule has 2 aromatic carbocycles. The number of ether oxygens (including phenoxy) is 3. The smallest absolute Gasteiger partial charge is 0.340 e. The highest BCUT2D eigenvalue weighted by atomic mass is 16.5. The lowest BCUT2D eigenvalue weighted by atomic mass is 10.0. The van der Waals surface area contributed by atoms with Crippen molar-refractivity contribution >= 4 is 23.6 Å². The Balaban J connectivity index is 2.05. The Morgan fingerprint density at radius 3 is 2.33 bits per heavy atom. The fourth-order valence-electron chi connectivity index (χ4n) is 3.75. The van der Waals surface area contributed by atoms with E-state index in [0.29, 0.717) is 36.1 Å². The summed E-state index contributed by atoms with van der Waals surface area (Å²) in [5.74, 6) is 0.420. The Kier molecular flexibility index (Phi) is 7.93. The average Bonchev–Trinajstić information content (AvgIpc) is 3.07. The van der Waals surface area contributed by atoms with Crippen molar-refractivity contribution < 1.29 is 23.8 Å². The molecule has 0 aromatic heterocycles. The number of carbonyl (C=O) groups is 2. The van der Waals surface area contributed by atoms with E-state index >= 15 is 0 Å². The van der Waals surface area contributed by atoms with E-state index in [2.05, 4.69) is 6.92 Å². The summed E-state index contributed by atoms with van der Waals surface area (Å²) in [4.78, 5) is 27.7. The van der Waals surface area contributed by atoms with E-state index in [1.807, 2.05) is 56.3 Å². The van der Waals surface area contributed by atoms with Crippen LogP contribution >= 0.6 is 0 Å². The SMILES string of the molecule is CCCOc1ccc(/C=C2\C(=O)N(c3ccc(CC)cc3)C(C)=C2C(=O)OC)cc1OCC. The Morgan fingerprint density at radius 1 is 1.00 bits per heavy atom. The molecule has 6 nitrogen and oxygen atoms in total. The van der Waals surface area contributed by atoms with Crippen LogP contribution in [-0.2, 0) is 20.7 Å². The summed E-state index contributed by atoms with van der Waals surface area (Å²) in [5.41, 5.74) is 3.68. The van der Waals surface area contributed by atoms with E-state index in [1.165, 1.54) is 12.7 Å². The normalized spacial score (nSPS) is 14.8. The maximum Gasteiger partial charge on any atom is 0.340 e. The van der Waals surface area contributed by atoms with E-state index in [1.54, 1.807) is 17.9 Å². The first-order valence-corrected chi connectivity index (χ1v) is 11.3. The summed E-state index contributed by atoms with van der Waals surface area (Å²) >= 11 is 0. The van der Waals surface area contributed by atoms with E-state index < -0.39 is 5.97 Å². The van der Waals surface area contributed by atoms with Crippen LogP contribution in [0.5, 0.6) is 11.5 Å². The van der Waals surface area contributed by atoms with E-state index in [-0.39, 0.29) is 17.1 Å². The molecule has 0 N–H and O–H groups in total. The maximum absolute atomic E-state index is 13.5. The number of aryl methyl sites for hydroxylation is 1. The van der Waals surface area contributed by atoms with Gasteiger partial charge in [-0.05, 0) is 68.2 Å². The summed E-state index contributed by atoms with van der Waals surface area (Å²) in [7, 11) is 1.32. The van der Waals surface area contributed by atoms with Gasteiger partial charge < -0.3 is 14.2 Å². The number of allylic oxidation sites excluding steroid dienone is 1. The van der Waals surface area contributed by atoms with E-state index in [0.717, 1.165) is 18.4 Å². The second kappa shape index (κ2) is 10.9. The predicted octanol–water partition coefficient (Wildman–Crippen LogP) is 5.31. The van der Waals surface area contributed by atoms with Crippen molar-refractivity contribution in [3.8, 4) is 11.5 Å². The highest BCUT2D eigenvalue weighted by Crippen LogP contribution is 2.37. The molecule has 174 valence electrons. The summed E-state index contributed by atoms with van der Waals surface area (Å²) in [6.07, 6.45) is 3.49. The number of rotatable bonds is 9. The minimum absolute atomic E-state index is 0.256. The first kappa shape index (κ1) is 24.1. The number of nitrogens with zero attached hydrogens (tertiary/aromatic N) is 1. The third-order valence-corrected chi connectivity index (χ3v) is 5.43.